The van der Waals surface area contributed by atoms with Crippen LogP contribution < -0.4 is 11.2 Å². The molecule has 3 N–H and O–H groups in total. The summed E-state index contributed by atoms with van der Waals surface area (Å²) >= 11 is 0. The van der Waals surface area contributed by atoms with Crippen molar-refractivity contribution in [1.82, 2.24) is 10.2 Å². The number of carbonyl (C=O) groups excluding carboxylic acids is 2. The van der Waals surface area contributed by atoms with Gasteiger partial charge in [-0.2, -0.15) is 5.10 Å². The number of rotatable bonds is 7. The Labute approximate surface area is 170 Å². The number of hydrogen-bond donors (Lipinski definition) is 2. The number of amides is 1. The van der Waals surface area contributed by atoms with Crippen molar-refractivity contribution in [2.45, 2.75) is 13.8 Å². The summed E-state index contributed by atoms with van der Waals surface area (Å²) in [5.74, 6) is 5.02. The Balaban J connectivity index is 0.000000466. The molecule has 1 aromatic rings. The molecule has 0 aliphatic carbocycles. The highest BCUT2D eigenvalue weighted by atomic mass is 16.5. The van der Waals surface area contributed by atoms with Crippen LogP contribution in [0.3, 0.4) is 0 Å². The first kappa shape index (κ1) is 25.5. The maximum Gasteiger partial charge on any atom is 0.232 e. The average molecular weight is 404 g/mol. The topological polar surface area (TPSA) is 131 Å². The Bertz CT molecular complexity index is 687. The summed E-state index contributed by atoms with van der Waals surface area (Å²) in [6.45, 7) is 4.51. The number of hydrazone groups is 1. The molecular formula is C19H28N6O4. The van der Waals surface area contributed by atoms with Crippen LogP contribution in [0.15, 0.2) is 57.5 Å². The van der Waals surface area contributed by atoms with E-state index in [1.165, 1.54) is 24.4 Å². The van der Waals surface area contributed by atoms with Gasteiger partial charge in [0.1, 0.15) is 12.6 Å². The highest BCUT2D eigenvalue weighted by Crippen LogP contribution is 2.07. The van der Waals surface area contributed by atoms with Crippen molar-refractivity contribution in [1.29, 1.82) is 0 Å². The normalized spacial score (nSPS) is 12.3. The molecule has 1 aliphatic rings. The van der Waals surface area contributed by atoms with Crippen LogP contribution in [-0.2, 0) is 19.1 Å². The molecule has 0 bridgehead atoms. The molecule has 1 heterocycles. The predicted molar refractivity (Wildman–Crippen MR) is 114 cm³/mol. The molecule has 0 spiro atoms. The molecule has 1 aromatic carbocycles. The van der Waals surface area contributed by atoms with E-state index in [9.17, 15) is 9.59 Å². The van der Waals surface area contributed by atoms with E-state index in [0.29, 0.717) is 18.9 Å². The zero-order chi connectivity index (χ0) is 21.7. The molecule has 2 rings (SSSR count). The lowest BCUT2D eigenvalue weighted by molar-refractivity contribution is -0.126. The van der Waals surface area contributed by atoms with E-state index in [2.05, 4.69) is 25.1 Å². The molecule has 1 amide bonds. The van der Waals surface area contributed by atoms with Gasteiger partial charge in [0.2, 0.25) is 11.8 Å². The maximum absolute atomic E-state index is 10.9. The highest BCUT2D eigenvalue weighted by Gasteiger charge is 2.06. The molecule has 158 valence electrons. The van der Waals surface area contributed by atoms with Gasteiger partial charge in [0, 0.05) is 26.9 Å². The highest BCUT2D eigenvalue weighted by molar-refractivity contribution is 6.16. The summed E-state index contributed by atoms with van der Waals surface area (Å²) in [4.78, 5) is 30.2. The van der Waals surface area contributed by atoms with Crippen LogP contribution in [0.25, 0.3) is 0 Å². The molecule has 10 nitrogen and oxygen atoms in total. The predicted octanol–water partition coefficient (Wildman–Crippen LogP) is 1.42. The van der Waals surface area contributed by atoms with Gasteiger partial charge >= 0.3 is 0 Å². The minimum absolute atomic E-state index is 0.000454. The van der Waals surface area contributed by atoms with Gasteiger partial charge in [0.25, 0.3) is 0 Å². The van der Waals surface area contributed by atoms with E-state index in [1.807, 2.05) is 37.3 Å². The molecule has 0 saturated carbocycles. The van der Waals surface area contributed by atoms with Gasteiger partial charge in [-0.1, -0.05) is 18.2 Å². The Morgan fingerprint density at radius 3 is 2.48 bits per heavy atom. The number of para-hydroxylation sites is 1. The second-order valence-corrected chi connectivity index (χ2v) is 5.05. The standard InChI is InChI=1S/C8H11N3O3.C8H9N3.C3H8O/c1-7(13)11(2-3-12)5-10-8-4-9-6-14-8;9-11-7-6-10-8-4-2-1-3-5-8;1-3-4-2/h3-5,9H,2,6H2,1H3;1-7H,9H2;3H2,1-2H3/b10-5-;10-6?,11-7-;. The fraction of sp³-hybridized carbons (Fsp3) is 0.316. The molecule has 1 aliphatic heterocycles. The third-order valence-electron chi connectivity index (χ3n) is 2.95. The molecule has 0 atom stereocenters. The Morgan fingerprint density at radius 2 is 2.00 bits per heavy atom. The van der Waals surface area contributed by atoms with Crippen molar-refractivity contribution in [2.24, 2.45) is 20.9 Å². The largest absolute Gasteiger partial charge is 0.455 e. The summed E-state index contributed by atoms with van der Waals surface area (Å²) in [5.41, 5.74) is 0.896. The monoisotopic (exact) mass is 404 g/mol. The van der Waals surface area contributed by atoms with E-state index in [1.54, 1.807) is 19.5 Å². The minimum atomic E-state index is -0.243. The van der Waals surface area contributed by atoms with Gasteiger partial charge in [-0.15, -0.1) is 0 Å². The SMILES string of the molecule is CC(=O)N(/C=N\C1=CNCO1)CC=O.CCOC.N/N=C\C=Nc1ccccc1. The zero-order valence-electron chi connectivity index (χ0n) is 16.9. The third-order valence-corrected chi connectivity index (χ3v) is 2.95. The van der Waals surface area contributed by atoms with Crippen LogP contribution in [0.5, 0.6) is 0 Å². The molecule has 0 fully saturated rings. The molecule has 0 saturated heterocycles. The lowest BCUT2D eigenvalue weighted by Crippen LogP contribution is -2.28. The third kappa shape index (κ3) is 14.2. The fourth-order valence-corrected chi connectivity index (χ4v) is 1.50. The van der Waals surface area contributed by atoms with Crippen molar-refractivity contribution in [3.63, 3.8) is 0 Å². The lowest BCUT2D eigenvalue weighted by atomic mass is 10.3. The number of aldehydes is 1. The van der Waals surface area contributed by atoms with Crippen molar-refractivity contribution in [2.75, 3.05) is 27.0 Å². The first-order chi connectivity index (χ1) is 14.1. The van der Waals surface area contributed by atoms with Crippen LogP contribution in [-0.4, -0.2) is 62.9 Å². The van der Waals surface area contributed by atoms with Gasteiger partial charge in [0.05, 0.1) is 24.6 Å². The molecule has 10 heteroatoms. The molecule has 0 aromatic heterocycles. The number of nitrogens with zero attached hydrogens (tertiary/aromatic N) is 4. The number of aliphatic imine (C=N–C) groups is 2. The van der Waals surface area contributed by atoms with E-state index in [0.717, 1.165) is 12.3 Å². The molecule has 0 unspecified atom stereocenters. The average Bonchev–Trinajstić information content (AvgIpc) is 3.26. The van der Waals surface area contributed by atoms with Crippen LogP contribution in [0.1, 0.15) is 13.8 Å². The van der Waals surface area contributed by atoms with Crippen LogP contribution in [0, 0.1) is 0 Å². The zero-order valence-corrected chi connectivity index (χ0v) is 16.9. The fourth-order valence-electron chi connectivity index (χ4n) is 1.50. The van der Waals surface area contributed by atoms with E-state index in [4.69, 9.17) is 10.6 Å². The van der Waals surface area contributed by atoms with Crippen LogP contribution in [0.2, 0.25) is 0 Å². The number of ether oxygens (including phenoxy) is 2. The van der Waals surface area contributed by atoms with Gasteiger partial charge in [0.15, 0.2) is 6.73 Å². The minimum Gasteiger partial charge on any atom is -0.455 e. The number of carbonyl (C=O) groups is 2. The quantitative estimate of drug-likeness (QED) is 0.232. The van der Waals surface area contributed by atoms with Crippen molar-refractivity contribution >= 4 is 36.6 Å². The number of methoxy groups -OCH3 is 1. The maximum atomic E-state index is 10.9. The van der Waals surface area contributed by atoms with Crippen molar-refractivity contribution in [3.8, 4) is 0 Å². The van der Waals surface area contributed by atoms with Crippen molar-refractivity contribution in [3.05, 3.63) is 42.4 Å². The summed E-state index contributed by atoms with van der Waals surface area (Å²) in [6.07, 6.45) is 6.48. The molecular weight excluding hydrogens is 376 g/mol. The first-order valence-corrected chi connectivity index (χ1v) is 8.70. The van der Waals surface area contributed by atoms with Gasteiger partial charge in [-0.25, -0.2) is 4.99 Å². The summed E-state index contributed by atoms with van der Waals surface area (Å²) in [5, 5.41) is 6.06. The van der Waals surface area contributed by atoms with Gasteiger partial charge in [-0.3, -0.25) is 14.7 Å². The molecule has 0 radical (unpaired) electrons. The summed E-state index contributed by atoms with van der Waals surface area (Å²) in [7, 11) is 1.68. The van der Waals surface area contributed by atoms with Crippen LogP contribution in [0.4, 0.5) is 5.69 Å². The number of nitrogens with one attached hydrogen (secondary N) is 1. The number of nitrogens with two attached hydrogens (primary N) is 1. The van der Waals surface area contributed by atoms with E-state index in [-0.39, 0.29) is 12.5 Å². The second-order valence-electron chi connectivity index (χ2n) is 5.05. The van der Waals surface area contributed by atoms with E-state index < -0.39 is 0 Å². The Morgan fingerprint density at radius 1 is 1.31 bits per heavy atom. The van der Waals surface area contributed by atoms with Crippen molar-refractivity contribution < 1.29 is 19.1 Å². The Kier molecular flexibility index (Phi) is 15.7. The second kappa shape index (κ2) is 17.9. The summed E-state index contributed by atoms with van der Waals surface area (Å²) < 4.78 is 9.53. The first-order valence-electron chi connectivity index (χ1n) is 8.70. The molecule has 29 heavy (non-hydrogen) atoms. The Hall–Kier alpha value is -3.53. The van der Waals surface area contributed by atoms with Gasteiger partial charge in [-0.05, 0) is 19.1 Å². The number of hydrogen-bond acceptors (Lipinski definition) is 9. The number of benzene rings is 1. The van der Waals surface area contributed by atoms with Crippen LogP contribution >= 0.6 is 0 Å². The lowest BCUT2D eigenvalue weighted by Gasteiger charge is -2.10. The summed E-state index contributed by atoms with van der Waals surface area (Å²) in [6, 6.07) is 9.59. The van der Waals surface area contributed by atoms with Gasteiger partial charge < -0.3 is 25.4 Å². The smallest absolute Gasteiger partial charge is 0.232 e. The van der Waals surface area contributed by atoms with E-state index >= 15 is 0 Å².